The number of pyridine rings is 1. The van der Waals surface area contributed by atoms with Crippen molar-refractivity contribution in [2.45, 2.75) is 6.18 Å². The van der Waals surface area contributed by atoms with Gasteiger partial charge in [-0.3, -0.25) is 4.40 Å². The van der Waals surface area contributed by atoms with Gasteiger partial charge in [0.1, 0.15) is 17.5 Å². The van der Waals surface area contributed by atoms with Gasteiger partial charge in [-0.05, 0) is 24.3 Å². The van der Waals surface area contributed by atoms with Crippen LogP contribution in [-0.4, -0.2) is 19.4 Å². The van der Waals surface area contributed by atoms with Crippen molar-refractivity contribution in [1.82, 2.24) is 19.4 Å². The van der Waals surface area contributed by atoms with E-state index in [2.05, 4.69) is 20.3 Å². The van der Waals surface area contributed by atoms with Gasteiger partial charge in [0.2, 0.25) is 5.95 Å². The molecule has 6 nitrogen and oxygen atoms in total. The minimum absolute atomic E-state index is 0.0613. The minimum atomic E-state index is -4.71. The van der Waals surface area contributed by atoms with Crippen molar-refractivity contribution < 1.29 is 13.2 Å². The van der Waals surface area contributed by atoms with Gasteiger partial charge in [-0.1, -0.05) is 12.1 Å². The molecule has 0 amide bonds. The summed E-state index contributed by atoms with van der Waals surface area (Å²) in [4.78, 5) is 12.2. The third-order valence-corrected chi connectivity index (χ3v) is 3.80. The van der Waals surface area contributed by atoms with Gasteiger partial charge in [0.15, 0.2) is 5.65 Å². The normalized spacial score (nSPS) is 11.6. The van der Waals surface area contributed by atoms with E-state index in [-0.39, 0.29) is 17.4 Å². The van der Waals surface area contributed by atoms with Gasteiger partial charge in [-0.25, -0.2) is 15.0 Å². The molecule has 0 saturated carbocycles. The van der Waals surface area contributed by atoms with Gasteiger partial charge in [0, 0.05) is 12.4 Å². The Bertz CT molecular complexity index is 1160. The zero-order valence-corrected chi connectivity index (χ0v) is 13.0. The van der Waals surface area contributed by atoms with Crippen molar-refractivity contribution in [3.63, 3.8) is 0 Å². The second-order valence-electron chi connectivity index (χ2n) is 5.38. The summed E-state index contributed by atoms with van der Waals surface area (Å²) < 4.78 is 41.9. The number of rotatable bonds is 2. The molecule has 1 aromatic carbocycles. The topological polar surface area (TPSA) is 78.9 Å². The molecule has 4 aromatic rings. The Morgan fingerprint density at radius 2 is 1.81 bits per heavy atom. The number of benzene rings is 1. The van der Waals surface area contributed by atoms with Crippen LogP contribution in [0.3, 0.4) is 0 Å². The van der Waals surface area contributed by atoms with Crippen LogP contribution in [0.15, 0.2) is 48.8 Å². The molecule has 0 aliphatic heterocycles. The Labute approximate surface area is 144 Å². The van der Waals surface area contributed by atoms with E-state index in [9.17, 15) is 18.4 Å². The van der Waals surface area contributed by atoms with Crippen molar-refractivity contribution in [3.05, 3.63) is 59.9 Å². The quantitative estimate of drug-likeness (QED) is 0.590. The number of hydrogen-bond donors (Lipinski definition) is 1. The van der Waals surface area contributed by atoms with Gasteiger partial charge >= 0.3 is 6.18 Å². The molecule has 0 fully saturated rings. The van der Waals surface area contributed by atoms with Gasteiger partial charge in [0.25, 0.3) is 0 Å². The van der Waals surface area contributed by atoms with Crippen molar-refractivity contribution in [1.29, 1.82) is 5.26 Å². The smallest absolute Gasteiger partial charge is 0.310 e. The molecular weight excluding hydrogens is 345 g/mol. The number of anilines is 2. The van der Waals surface area contributed by atoms with Crippen molar-refractivity contribution >= 4 is 28.4 Å². The monoisotopic (exact) mass is 354 g/mol. The summed E-state index contributed by atoms with van der Waals surface area (Å²) in [5.74, 6) is 0.190. The zero-order valence-electron chi connectivity index (χ0n) is 13.0. The van der Waals surface area contributed by atoms with Crippen LogP contribution >= 0.6 is 0 Å². The lowest BCUT2D eigenvalue weighted by atomic mass is 10.1. The number of hydrogen-bond acceptors (Lipinski definition) is 5. The van der Waals surface area contributed by atoms with Crippen molar-refractivity contribution in [2.24, 2.45) is 0 Å². The second-order valence-corrected chi connectivity index (χ2v) is 5.38. The average Bonchev–Trinajstić information content (AvgIpc) is 3.01. The van der Waals surface area contributed by atoms with Crippen LogP contribution in [-0.2, 0) is 6.18 Å². The molecule has 0 radical (unpaired) electrons. The zero-order chi connectivity index (χ0) is 18.3. The molecule has 1 N–H and O–H groups in total. The Balaban J connectivity index is 2.10. The average molecular weight is 354 g/mol. The summed E-state index contributed by atoms with van der Waals surface area (Å²) in [7, 11) is 0. The number of nitriles is 1. The molecule has 128 valence electrons. The van der Waals surface area contributed by atoms with E-state index in [1.165, 1.54) is 16.8 Å². The molecule has 0 aliphatic rings. The fourth-order valence-corrected chi connectivity index (χ4v) is 2.74. The minimum Gasteiger partial charge on any atom is -0.310 e. The summed E-state index contributed by atoms with van der Waals surface area (Å²) >= 11 is 0. The Morgan fingerprint density at radius 1 is 1.08 bits per heavy atom. The van der Waals surface area contributed by atoms with Crippen LogP contribution in [0, 0.1) is 11.3 Å². The van der Waals surface area contributed by atoms with Crippen LogP contribution < -0.4 is 5.32 Å². The van der Waals surface area contributed by atoms with Crippen LogP contribution in [0.5, 0.6) is 0 Å². The predicted molar refractivity (Wildman–Crippen MR) is 87.7 cm³/mol. The lowest BCUT2D eigenvalue weighted by molar-refractivity contribution is -0.137. The first-order valence-electron chi connectivity index (χ1n) is 7.44. The first kappa shape index (κ1) is 15.8. The number of alkyl halides is 3. The molecule has 0 bridgehead atoms. The van der Waals surface area contributed by atoms with Crippen LogP contribution in [0.25, 0.3) is 16.7 Å². The van der Waals surface area contributed by atoms with Gasteiger partial charge in [-0.2, -0.15) is 18.4 Å². The Hall–Kier alpha value is -3.67. The molecule has 3 heterocycles. The van der Waals surface area contributed by atoms with E-state index in [0.29, 0.717) is 11.0 Å². The molecule has 3 aromatic heterocycles. The molecular formula is C17H9F3N6. The predicted octanol–water partition coefficient (Wildman–Crippen LogP) is 3.91. The Morgan fingerprint density at radius 3 is 2.50 bits per heavy atom. The maximum absolute atomic E-state index is 13.5. The lowest BCUT2D eigenvalue weighted by Gasteiger charge is -2.14. The van der Waals surface area contributed by atoms with E-state index >= 15 is 0 Å². The van der Waals surface area contributed by atoms with Gasteiger partial charge in [0.05, 0.1) is 16.6 Å². The molecule has 0 aliphatic carbocycles. The summed E-state index contributed by atoms with van der Waals surface area (Å²) in [6, 6.07) is 10.9. The molecule has 4 rings (SSSR count). The standard InChI is InChI=1S/C17H9F3N6/c18-17(19,20)11-8-14(25-16-22-6-3-7-23-16)26-13-5-2-1-4-12(13)24-15(26)10(11)9-21/h1-8H,(H,22,23,25). The maximum atomic E-state index is 13.5. The summed E-state index contributed by atoms with van der Waals surface area (Å²) in [6.45, 7) is 0. The third-order valence-electron chi connectivity index (χ3n) is 3.80. The van der Waals surface area contributed by atoms with E-state index in [1.54, 1.807) is 36.4 Å². The van der Waals surface area contributed by atoms with E-state index < -0.39 is 17.3 Å². The number of aromatic nitrogens is 4. The van der Waals surface area contributed by atoms with E-state index in [0.717, 1.165) is 6.07 Å². The Kier molecular flexibility index (Phi) is 3.47. The highest BCUT2D eigenvalue weighted by Gasteiger charge is 2.36. The van der Waals surface area contributed by atoms with Crippen LogP contribution in [0.4, 0.5) is 24.9 Å². The molecule has 26 heavy (non-hydrogen) atoms. The number of imidazole rings is 1. The number of halogens is 3. The fourth-order valence-electron chi connectivity index (χ4n) is 2.74. The van der Waals surface area contributed by atoms with Gasteiger partial charge in [-0.15, -0.1) is 0 Å². The molecule has 0 saturated heterocycles. The first-order valence-corrected chi connectivity index (χ1v) is 7.44. The highest BCUT2D eigenvalue weighted by molar-refractivity contribution is 5.85. The number of fused-ring (bicyclic) bond motifs is 3. The van der Waals surface area contributed by atoms with Crippen LogP contribution in [0.2, 0.25) is 0 Å². The second kappa shape index (κ2) is 5.70. The fraction of sp³-hybridized carbons (Fsp3) is 0.0588. The number of para-hydroxylation sites is 2. The van der Waals surface area contributed by atoms with E-state index in [4.69, 9.17) is 0 Å². The number of nitrogens with zero attached hydrogens (tertiary/aromatic N) is 5. The maximum Gasteiger partial charge on any atom is 0.417 e. The van der Waals surface area contributed by atoms with Crippen molar-refractivity contribution in [3.8, 4) is 6.07 Å². The highest BCUT2D eigenvalue weighted by Crippen LogP contribution is 2.37. The van der Waals surface area contributed by atoms with Crippen molar-refractivity contribution in [2.75, 3.05) is 5.32 Å². The third kappa shape index (κ3) is 2.48. The van der Waals surface area contributed by atoms with Crippen LogP contribution in [0.1, 0.15) is 11.1 Å². The summed E-state index contributed by atoms with van der Waals surface area (Å²) in [5.41, 5.74) is -0.650. The SMILES string of the molecule is N#Cc1c(C(F)(F)F)cc(Nc2ncccn2)n2c1nc1ccccc12. The first-order chi connectivity index (χ1) is 12.5. The highest BCUT2D eigenvalue weighted by atomic mass is 19.4. The number of nitrogens with one attached hydrogen (secondary N) is 1. The molecule has 0 spiro atoms. The molecule has 9 heteroatoms. The summed E-state index contributed by atoms with van der Waals surface area (Å²) in [6.07, 6.45) is -1.78. The lowest BCUT2D eigenvalue weighted by Crippen LogP contribution is -2.12. The van der Waals surface area contributed by atoms with Gasteiger partial charge < -0.3 is 5.32 Å². The largest absolute Gasteiger partial charge is 0.417 e. The van der Waals surface area contributed by atoms with E-state index in [1.807, 2.05) is 0 Å². The summed E-state index contributed by atoms with van der Waals surface area (Å²) in [5, 5.41) is 12.1. The molecule has 0 unspecified atom stereocenters. The molecule has 0 atom stereocenters.